The van der Waals surface area contributed by atoms with Gasteiger partial charge in [0.05, 0.1) is 15.6 Å². The van der Waals surface area contributed by atoms with E-state index in [0.717, 1.165) is 6.07 Å². The molecule has 9 heteroatoms. The van der Waals surface area contributed by atoms with E-state index >= 15 is 0 Å². The Bertz CT molecular complexity index is 1240. The summed E-state index contributed by atoms with van der Waals surface area (Å²) in [7, 11) is 0. The highest BCUT2D eigenvalue weighted by atomic mass is 35.5. The van der Waals surface area contributed by atoms with Gasteiger partial charge in [-0.1, -0.05) is 35.3 Å². The first-order valence-electron chi connectivity index (χ1n) is 8.33. The van der Waals surface area contributed by atoms with Crippen LogP contribution >= 0.6 is 23.2 Å². The number of rotatable bonds is 4. The maximum Gasteiger partial charge on any atom is 0.288 e. The van der Waals surface area contributed by atoms with Gasteiger partial charge in [-0.2, -0.15) is 0 Å². The molecule has 0 unspecified atom stereocenters. The summed E-state index contributed by atoms with van der Waals surface area (Å²) in [5.41, 5.74) is 1.99. The molecule has 0 aliphatic rings. The molecule has 0 aliphatic carbocycles. The van der Waals surface area contributed by atoms with E-state index in [-0.39, 0.29) is 16.3 Å². The van der Waals surface area contributed by atoms with E-state index in [1.54, 1.807) is 24.3 Å². The Kier molecular flexibility index (Phi) is 4.92. The van der Waals surface area contributed by atoms with Crippen LogP contribution in [0.15, 0.2) is 65.1 Å². The average Bonchev–Trinajstić information content (AvgIpc) is 3.14. The number of hydrogen-bond donors (Lipinski definition) is 1. The highest BCUT2D eigenvalue weighted by molar-refractivity contribution is 6.34. The fourth-order valence-electron chi connectivity index (χ4n) is 2.74. The highest BCUT2D eigenvalue weighted by Crippen LogP contribution is 2.31. The molecule has 3 aromatic carbocycles. The molecule has 4 rings (SSSR count). The van der Waals surface area contributed by atoms with Crippen LogP contribution in [0.25, 0.3) is 22.6 Å². The molecule has 7 nitrogen and oxygen atoms in total. The van der Waals surface area contributed by atoms with Gasteiger partial charge in [-0.05, 0) is 42.5 Å². The van der Waals surface area contributed by atoms with Gasteiger partial charge in [-0.3, -0.25) is 14.9 Å². The van der Waals surface area contributed by atoms with Gasteiger partial charge in [0.25, 0.3) is 11.6 Å². The lowest BCUT2D eigenvalue weighted by atomic mass is 10.1. The van der Waals surface area contributed by atoms with Gasteiger partial charge >= 0.3 is 0 Å². The molecule has 0 radical (unpaired) electrons. The normalized spacial score (nSPS) is 10.8. The fraction of sp³-hybridized carbons (Fsp3) is 0. The van der Waals surface area contributed by atoms with Gasteiger partial charge in [-0.25, -0.2) is 4.98 Å². The third-order valence-electron chi connectivity index (χ3n) is 4.16. The smallest absolute Gasteiger partial charge is 0.288 e. The zero-order valence-electron chi connectivity index (χ0n) is 14.6. The number of carbonyl (C=O) groups is 1. The van der Waals surface area contributed by atoms with E-state index in [9.17, 15) is 14.9 Å². The molecule has 0 saturated carbocycles. The molecule has 4 aromatic rings. The zero-order chi connectivity index (χ0) is 20.5. The lowest BCUT2D eigenvalue weighted by Crippen LogP contribution is -2.12. The van der Waals surface area contributed by atoms with Crippen LogP contribution in [0.2, 0.25) is 10.0 Å². The third kappa shape index (κ3) is 3.78. The molecule has 144 valence electrons. The molecule has 0 atom stereocenters. The Balaban J connectivity index is 1.65. The molecule has 1 heterocycles. The number of nitro benzene ring substituents is 1. The van der Waals surface area contributed by atoms with E-state index in [1.165, 1.54) is 12.1 Å². The van der Waals surface area contributed by atoms with Crippen molar-refractivity contribution in [2.45, 2.75) is 0 Å². The molecule has 29 heavy (non-hydrogen) atoms. The van der Waals surface area contributed by atoms with Crippen LogP contribution in [0.1, 0.15) is 10.4 Å². The van der Waals surface area contributed by atoms with Gasteiger partial charge < -0.3 is 9.73 Å². The first-order valence-corrected chi connectivity index (χ1v) is 9.09. The third-order valence-corrected chi connectivity index (χ3v) is 4.81. The quantitative estimate of drug-likeness (QED) is 0.319. The minimum absolute atomic E-state index is 0.0532. The second-order valence-corrected chi connectivity index (χ2v) is 6.87. The SMILES string of the molecule is O=C(Nc1cc(-c2nc3ccccc3o2)ccc1Cl)c1ccc(Cl)c([N+](=O)[O-])c1. The average molecular weight is 428 g/mol. The van der Waals surface area contributed by atoms with Crippen molar-refractivity contribution in [1.82, 2.24) is 4.98 Å². The predicted octanol–water partition coefficient (Wildman–Crippen LogP) is 5.96. The Morgan fingerprint density at radius 3 is 2.55 bits per heavy atom. The highest BCUT2D eigenvalue weighted by Gasteiger charge is 2.18. The van der Waals surface area contributed by atoms with E-state index in [2.05, 4.69) is 10.3 Å². The molecule has 1 aromatic heterocycles. The van der Waals surface area contributed by atoms with Crippen molar-refractivity contribution in [2.24, 2.45) is 0 Å². The van der Waals surface area contributed by atoms with Gasteiger partial charge in [0.2, 0.25) is 5.89 Å². The Labute approximate surface area is 174 Å². The summed E-state index contributed by atoms with van der Waals surface area (Å²) in [6.07, 6.45) is 0. The number of halogens is 2. The van der Waals surface area contributed by atoms with Crippen molar-refractivity contribution in [3.8, 4) is 11.5 Å². The largest absolute Gasteiger partial charge is 0.436 e. The summed E-state index contributed by atoms with van der Waals surface area (Å²) in [6.45, 7) is 0. The lowest BCUT2D eigenvalue weighted by Gasteiger charge is -2.09. The molecule has 0 spiro atoms. The number of benzene rings is 3. The number of nitro groups is 1. The Hall–Kier alpha value is -3.42. The number of amides is 1. The molecule has 1 N–H and O–H groups in total. The van der Waals surface area contributed by atoms with Gasteiger partial charge in [0.1, 0.15) is 10.5 Å². The molecule has 0 fully saturated rings. The molecule has 1 amide bonds. The molecular weight excluding hydrogens is 417 g/mol. The number of oxazole rings is 1. The van der Waals surface area contributed by atoms with E-state index in [4.69, 9.17) is 27.6 Å². The number of nitrogens with zero attached hydrogens (tertiary/aromatic N) is 2. The standard InChI is InChI=1S/C20H11Cl2N3O4/c21-13-7-6-12(20-24-15-3-1-2-4-18(15)29-20)9-16(13)23-19(26)11-5-8-14(22)17(10-11)25(27)28/h1-10H,(H,23,26). The number of hydrogen-bond acceptors (Lipinski definition) is 5. The summed E-state index contributed by atoms with van der Waals surface area (Å²) in [4.78, 5) is 27.4. The van der Waals surface area contributed by atoms with Crippen molar-refractivity contribution in [3.05, 3.63) is 86.4 Å². The lowest BCUT2D eigenvalue weighted by molar-refractivity contribution is -0.384. The van der Waals surface area contributed by atoms with Crippen LogP contribution in [-0.2, 0) is 0 Å². The topological polar surface area (TPSA) is 98.3 Å². The van der Waals surface area contributed by atoms with Crippen molar-refractivity contribution in [2.75, 3.05) is 5.32 Å². The van der Waals surface area contributed by atoms with Crippen LogP contribution in [0, 0.1) is 10.1 Å². The van der Waals surface area contributed by atoms with Crippen molar-refractivity contribution in [3.63, 3.8) is 0 Å². The van der Waals surface area contributed by atoms with Crippen LogP contribution in [0.4, 0.5) is 11.4 Å². The minimum Gasteiger partial charge on any atom is -0.436 e. The summed E-state index contributed by atoms with van der Waals surface area (Å²) in [5.74, 6) is -0.193. The Morgan fingerprint density at radius 1 is 1.03 bits per heavy atom. The first kappa shape index (κ1) is 18.9. The number of anilines is 1. The maximum atomic E-state index is 12.6. The van der Waals surface area contributed by atoms with Crippen LogP contribution in [0.5, 0.6) is 0 Å². The summed E-state index contributed by atoms with van der Waals surface area (Å²) < 4.78 is 5.74. The van der Waals surface area contributed by atoms with Gasteiger partial charge in [0, 0.05) is 17.2 Å². The number of aromatic nitrogens is 1. The van der Waals surface area contributed by atoms with Crippen LogP contribution in [0.3, 0.4) is 0 Å². The number of nitrogens with one attached hydrogen (secondary N) is 1. The van der Waals surface area contributed by atoms with E-state index in [0.29, 0.717) is 33.3 Å². The molecule has 0 bridgehead atoms. The van der Waals surface area contributed by atoms with E-state index < -0.39 is 10.8 Å². The van der Waals surface area contributed by atoms with Crippen molar-refractivity contribution in [1.29, 1.82) is 0 Å². The first-order chi connectivity index (χ1) is 13.9. The monoisotopic (exact) mass is 427 g/mol. The second-order valence-electron chi connectivity index (χ2n) is 6.06. The molecular formula is C20H11Cl2N3O4. The van der Waals surface area contributed by atoms with Crippen molar-refractivity contribution >= 4 is 51.6 Å². The summed E-state index contributed by atoms with van der Waals surface area (Å²) >= 11 is 12.0. The number of para-hydroxylation sites is 2. The minimum atomic E-state index is -0.653. The number of carbonyl (C=O) groups excluding carboxylic acids is 1. The van der Waals surface area contributed by atoms with Gasteiger partial charge in [-0.15, -0.1) is 0 Å². The van der Waals surface area contributed by atoms with Crippen LogP contribution in [-0.4, -0.2) is 15.8 Å². The fourth-order valence-corrected chi connectivity index (χ4v) is 3.09. The molecule has 0 saturated heterocycles. The Morgan fingerprint density at radius 2 is 1.79 bits per heavy atom. The predicted molar refractivity (Wildman–Crippen MR) is 111 cm³/mol. The van der Waals surface area contributed by atoms with E-state index in [1.807, 2.05) is 18.2 Å². The summed E-state index contributed by atoms with van der Waals surface area (Å²) in [6, 6.07) is 16.1. The number of fused-ring (bicyclic) bond motifs is 1. The second kappa shape index (κ2) is 7.54. The zero-order valence-corrected chi connectivity index (χ0v) is 16.1. The maximum absolute atomic E-state index is 12.6. The summed E-state index contributed by atoms with van der Waals surface area (Å²) in [5, 5.41) is 13.9. The van der Waals surface area contributed by atoms with Gasteiger partial charge in [0.15, 0.2) is 5.58 Å². The van der Waals surface area contributed by atoms with Crippen molar-refractivity contribution < 1.29 is 14.1 Å². The van der Waals surface area contributed by atoms with Crippen LogP contribution < -0.4 is 5.32 Å². The molecule has 0 aliphatic heterocycles.